The number of hydrogen-bond donors (Lipinski definition) is 1. The van der Waals surface area contributed by atoms with Crippen LogP contribution in [0.15, 0.2) is 54.6 Å². The predicted molar refractivity (Wildman–Crippen MR) is 137 cm³/mol. The smallest absolute Gasteiger partial charge is 0.227 e. The SMILES string of the molecule is C#CCOCC(O)CN(Cc1c(C)nn(-c2ccccc2)c1Oc1ccccc1OC)C(C)CC. The molecular formula is C28H35N3O4. The van der Waals surface area contributed by atoms with E-state index in [1.165, 1.54) is 0 Å². The fourth-order valence-electron chi connectivity index (χ4n) is 3.82. The van der Waals surface area contributed by atoms with E-state index in [-0.39, 0.29) is 19.3 Å². The van der Waals surface area contributed by atoms with E-state index >= 15 is 0 Å². The monoisotopic (exact) mass is 477 g/mol. The minimum atomic E-state index is -0.666. The summed E-state index contributed by atoms with van der Waals surface area (Å²) in [6.45, 7) is 7.60. The average Bonchev–Trinajstić information content (AvgIpc) is 3.18. The van der Waals surface area contributed by atoms with Crippen LogP contribution in [-0.2, 0) is 11.3 Å². The molecule has 2 aromatic carbocycles. The zero-order chi connectivity index (χ0) is 25.2. The molecule has 7 heteroatoms. The topological polar surface area (TPSA) is 69.0 Å². The van der Waals surface area contributed by atoms with Crippen LogP contribution in [-0.4, -0.2) is 58.8 Å². The van der Waals surface area contributed by atoms with Gasteiger partial charge < -0.3 is 19.3 Å². The number of nitrogens with zero attached hydrogens (tertiary/aromatic N) is 3. The van der Waals surface area contributed by atoms with Crippen molar-refractivity contribution in [3.63, 3.8) is 0 Å². The van der Waals surface area contributed by atoms with Crippen molar-refractivity contribution in [2.45, 2.75) is 45.9 Å². The highest BCUT2D eigenvalue weighted by Gasteiger charge is 2.25. The van der Waals surface area contributed by atoms with Crippen molar-refractivity contribution in [3.8, 4) is 35.4 Å². The zero-order valence-corrected chi connectivity index (χ0v) is 21.0. The number of aromatic nitrogens is 2. The van der Waals surface area contributed by atoms with Gasteiger partial charge >= 0.3 is 0 Å². The van der Waals surface area contributed by atoms with Crippen LogP contribution in [0.25, 0.3) is 5.69 Å². The summed E-state index contributed by atoms with van der Waals surface area (Å²) in [5.41, 5.74) is 2.69. The van der Waals surface area contributed by atoms with Crippen molar-refractivity contribution >= 4 is 0 Å². The Morgan fingerprint density at radius 1 is 1.11 bits per heavy atom. The predicted octanol–water partition coefficient (Wildman–Crippen LogP) is 4.59. The van der Waals surface area contributed by atoms with Crippen LogP contribution < -0.4 is 9.47 Å². The molecular weight excluding hydrogens is 442 g/mol. The summed E-state index contributed by atoms with van der Waals surface area (Å²) in [5.74, 6) is 4.29. The molecule has 3 aromatic rings. The van der Waals surface area contributed by atoms with Crippen molar-refractivity contribution in [2.75, 3.05) is 26.9 Å². The van der Waals surface area contributed by atoms with Crippen LogP contribution in [0.1, 0.15) is 31.5 Å². The fourth-order valence-corrected chi connectivity index (χ4v) is 3.82. The van der Waals surface area contributed by atoms with E-state index in [9.17, 15) is 5.11 Å². The van der Waals surface area contributed by atoms with E-state index in [2.05, 4.69) is 24.7 Å². The maximum atomic E-state index is 10.6. The van der Waals surface area contributed by atoms with E-state index in [1.54, 1.807) is 7.11 Å². The molecule has 0 spiro atoms. The number of benzene rings is 2. The summed E-state index contributed by atoms with van der Waals surface area (Å²) >= 11 is 0. The van der Waals surface area contributed by atoms with Gasteiger partial charge in [-0.1, -0.05) is 43.2 Å². The fraction of sp³-hybridized carbons (Fsp3) is 0.393. The minimum Gasteiger partial charge on any atom is -0.493 e. The molecule has 2 unspecified atom stereocenters. The van der Waals surface area contributed by atoms with E-state index in [4.69, 9.17) is 25.7 Å². The minimum absolute atomic E-state index is 0.181. The van der Waals surface area contributed by atoms with Gasteiger partial charge in [0.2, 0.25) is 5.88 Å². The first kappa shape index (κ1) is 26.3. The number of methoxy groups -OCH3 is 1. The van der Waals surface area contributed by atoms with Gasteiger partial charge in [-0.15, -0.1) is 6.42 Å². The van der Waals surface area contributed by atoms with Gasteiger partial charge in [0, 0.05) is 19.1 Å². The van der Waals surface area contributed by atoms with Crippen LogP contribution in [0.5, 0.6) is 17.4 Å². The Hall–Kier alpha value is -3.31. The third-order valence-corrected chi connectivity index (χ3v) is 5.93. The number of hydrogen-bond acceptors (Lipinski definition) is 6. The summed E-state index contributed by atoms with van der Waals surface area (Å²) < 4.78 is 19.2. The molecule has 1 N–H and O–H groups in total. The van der Waals surface area contributed by atoms with Gasteiger partial charge in [0.25, 0.3) is 0 Å². The molecule has 0 radical (unpaired) electrons. The lowest BCUT2D eigenvalue weighted by molar-refractivity contribution is 0.0168. The third-order valence-electron chi connectivity index (χ3n) is 5.93. The first-order valence-corrected chi connectivity index (χ1v) is 11.9. The van der Waals surface area contributed by atoms with Crippen molar-refractivity contribution in [1.29, 1.82) is 0 Å². The molecule has 2 atom stereocenters. The Kier molecular flexibility index (Phi) is 9.74. The van der Waals surface area contributed by atoms with E-state index < -0.39 is 6.10 Å². The Morgan fingerprint density at radius 3 is 2.46 bits per heavy atom. The summed E-state index contributed by atoms with van der Waals surface area (Å²) in [7, 11) is 1.62. The average molecular weight is 478 g/mol. The lowest BCUT2D eigenvalue weighted by Gasteiger charge is -2.30. The van der Waals surface area contributed by atoms with Gasteiger partial charge in [-0.25, -0.2) is 4.68 Å². The molecule has 1 heterocycles. The number of ether oxygens (including phenoxy) is 3. The molecule has 0 aliphatic rings. The first-order chi connectivity index (χ1) is 17.0. The van der Waals surface area contributed by atoms with Gasteiger partial charge in [-0.3, -0.25) is 4.90 Å². The highest BCUT2D eigenvalue weighted by Crippen LogP contribution is 2.36. The maximum absolute atomic E-state index is 10.6. The maximum Gasteiger partial charge on any atom is 0.227 e. The number of rotatable bonds is 13. The molecule has 0 fully saturated rings. The van der Waals surface area contributed by atoms with Gasteiger partial charge in [0.1, 0.15) is 6.61 Å². The second-order valence-electron chi connectivity index (χ2n) is 8.43. The zero-order valence-electron chi connectivity index (χ0n) is 21.0. The molecule has 35 heavy (non-hydrogen) atoms. The molecule has 0 aliphatic carbocycles. The van der Waals surface area contributed by atoms with E-state index in [0.717, 1.165) is 23.4 Å². The van der Waals surface area contributed by atoms with Gasteiger partial charge in [-0.05, 0) is 44.5 Å². The summed E-state index contributed by atoms with van der Waals surface area (Å²) in [6.07, 6.45) is 5.51. The molecule has 7 nitrogen and oxygen atoms in total. The standard InChI is InChI=1S/C28H35N3O4/c1-6-17-34-20-24(32)18-30(21(3)7-2)19-25-22(4)29-31(23-13-9-8-10-14-23)28(25)35-27-16-12-11-15-26(27)33-5/h1,8-16,21,24,32H,7,17-20H2,2-5H3. The number of para-hydroxylation sites is 3. The van der Waals surface area contributed by atoms with Crippen LogP contribution in [0, 0.1) is 19.3 Å². The van der Waals surface area contributed by atoms with Crippen LogP contribution in [0.4, 0.5) is 0 Å². The normalized spacial score (nSPS) is 12.8. The van der Waals surface area contributed by atoms with Crippen molar-refractivity contribution in [2.24, 2.45) is 0 Å². The Labute approximate surface area is 208 Å². The summed E-state index contributed by atoms with van der Waals surface area (Å²) in [4.78, 5) is 2.22. The summed E-state index contributed by atoms with van der Waals surface area (Å²) in [5, 5.41) is 15.4. The highest BCUT2D eigenvalue weighted by atomic mass is 16.5. The molecule has 0 saturated carbocycles. The number of aliphatic hydroxyl groups excluding tert-OH is 1. The van der Waals surface area contributed by atoms with Gasteiger partial charge in [0.15, 0.2) is 11.5 Å². The van der Waals surface area contributed by atoms with E-state index in [0.29, 0.717) is 30.5 Å². The van der Waals surface area contributed by atoms with Crippen molar-refractivity contribution in [3.05, 3.63) is 65.9 Å². The Bertz CT molecular complexity index is 1110. The van der Waals surface area contributed by atoms with Crippen molar-refractivity contribution in [1.82, 2.24) is 14.7 Å². The number of aryl methyl sites for hydroxylation is 1. The van der Waals surface area contributed by atoms with Crippen LogP contribution >= 0.6 is 0 Å². The lowest BCUT2D eigenvalue weighted by Crippen LogP contribution is -2.40. The first-order valence-electron chi connectivity index (χ1n) is 11.9. The molecule has 0 amide bonds. The Morgan fingerprint density at radius 2 is 1.80 bits per heavy atom. The molecule has 0 aliphatic heterocycles. The van der Waals surface area contributed by atoms with Crippen molar-refractivity contribution < 1.29 is 19.3 Å². The lowest BCUT2D eigenvalue weighted by atomic mass is 10.1. The highest BCUT2D eigenvalue weighted by molar-refractivity contribution is 5.47. The third kappa shape index (κ3) is 6.86. The van der Waals surface area contributed by atoms with Gasteiger partial charge in [-0.2, -0.15) is 5.10 Å². The van der Waals surface area contributed by atoms with Gasteiger partial charge in [0.05, 0.1) is 36.8 Å². The largest absolute Gasteiger partial charge is 0.493 e. The molecule has 0 saturated heterocycles. The van der Waals surface area contributed by atoms with Crippen LogP contribution in [0.2, 0.25) is 0 Å². The molecule has 186 valence electrons. The Balaban J connectivity index is 1.99. The molecule has 3 rings (SSSR count). The summed E-state index contributed by atoms with van der Waals surface area (Å²) in [6, 6.07) is 17.7. The van der Waals surface area contributed by atoms with Crippen LogP contribution in [0.3, 0.4) is 0 Å². The second kappa shape index (κ2) is 13.0. The second-order valence-corrected chi connectivity index (χ2v) is 8.43. The quantitative estimate of drug-likeness (QED) is 0.287. The number of aliphatic hydroxyl groups is 1. The van der Waals surface area contributed by atoms with E-state index in [1.807, 2.05) is 66.2 Å². The number of terminal acetylenes is 1. The molecule has 1 aromatic heterocycles. The molecule has 0 bridgehead atoms.